The summed E-state index contributed by atoms with van der Waals surface area (Å²) < 4.78 is 34.4. The predicted molar refractivity (Wildman–Crippen MR) is 177 cm³/mol. The Morgan fingerprint density at radius 2 is 1.67 bits per heavy atom. The molecule has 0 aliphatic carbocycles. The van der Waals surface area contributed by atoms with E-state index in [2.05, 4.69) is 24.1 Å². The van der Waals surface area contributed by atoms with Crippen molar-refractivity contribution in [2.24, 2.45) is 5.41 Å². The molecule has 0 fully saturated rings. The Balaban J connectivity index is 1.70. The number of carbonyl (C=O) groups is 2. The number of hydrogen-bond acceptors (Lipinski definition) is 8. The van der Waals surface area contributed by atoms with Crippen LogP contribution in [-0.4, -0.2) is 55.7 Å². The second-order valence-electron chi connectivity index (χ2n) is 11.6. The second kappa shape index (κ2) is 15.1. The molecule has 0 aromatic heterocycles. The first-order valence-corrected chi connectivity index (χ1v) is 18.1. The number of aliphatic carboxylic acids is 1. The lowest BCUT2D eigenvalue weighted by Gasteiger charge is -2.37. The third kappa shape index (κ3) is 8.32. The lowest BCUT2D eigenvalue weighted by molar-refractivity contribution is -0.142. The maximum atomic E-state index is 14.3. The van der Waals surface area contributed by atoms with Gasteiger partial charge < -0.3 is 25.2 Å². The number of amides is 1. The molecule has 0 radical (unpaired) electrons. The van der Waals surface area contributed by atoms with Gasteiger partial charge in [0.1, 0.15) is 11.5 Å². The number of nitrogens with zero attached hydrogens (tertiary/aromatic N) is 1. The van der Waals surface area contributed by atoms with Gasteiger partial charge in [-0.3, -0.25) is 4.79 Å². The highest BCUT2D eigenvalue weighted by atomic mass is 32.2. The van der Waals surface area contributed by atoms with Crippen molar-refractivity contribution in [3.05, 3.63) is 72.3 Å². The number of phenols is 1. The second-order valence-corrected chi connectivity index (χ2v) is 14.4. The molecule has 0 saturated carbocycles. The van der Waals surface area contributed by atoms with Gasteiger partial charge in [0.15, 0.2) is 22.5 Å². The zero-order valence-electron chi connectivity index (χ0n) is 26.0. The third-order valence-electron chi connectivity index (χ3n) is 8.19. The summed E-state index contributed by atoms with van der Waals surface area (Å²) in [5, 5.41) is 21.7. The number of carboxylic acid groups (broad SMARTS) is 1. The number of aromatic hydroxyl groups is 1. The number of unbranched alkanes of at least 4 members (excludes halogenated alkanes) is 2. The lowest BCUT2D eigenvalue weighted by atomic mass is 9.79. The molecule has 0 spiro atoms. The number of phenolic OH excluding ortho intramolecular Hbond substituents is 1. The molecule has 0 unspecified atom stereocenters. The Morgan fingerprint density at radius 1 is 1.02 bits per heavy atom. The quantitative estimate of drug-likeness (QED) is 0.162. The van der Waals surface area contributed by atoms with E-state index >= 15 is 0 Å². The number of thioether (sulfide) groups is 1. The molecule has 242 valence electrons. The number of anilines is 2. The van der Waals surface area contributed by atoms with Gasteiger partial charge in [-0.15, -0.1) is 11.8 Å². The van der Waals surface area contributed by atoms with Crippen LogP contribution < -0.4 is 15.0 Å². The number of ether oxygens (including phenoxy) is 1. The van der Waals surface area contributed by atoms with Gasteiger partial charge in [-0.1, -0.05) is 69.9 Å². The summed E-state index contributed by atoms with van der Waals surface area (Å²) in [6.45, 7) is 4.29. The smallest absolute Gasteiger partial charge is 0.330 e. The van der Waals surface area contributed by atoms with Crippen LogP contribution >= 0.6 is 11.8 Å². The first kappa shape index (κ1) is 34.2. The van der Waals surface area contributed by atoms with Crippen molar-refractivity contribution in [1.82, 2.24) is 5.32 Å². The standard InChI is InChI=1S/C34H42N2O7S2/c1-4-6-17-34(18-7-5-2)22-36(25-11-9-8-10-12-25)27-19-29(44-3)28(20-30(27)45(41,42)23-34)43-21-31(38)35-32(33(39)40)24-13-15-26(37)16-14-24/h8-16,19-20,32,37H,4-7,17-18,21-23H2,1-3H3,(H,35,38)(H,39,40)/t32-/m0/s1. The average molecular weight is 655 g/mol. The molecule has 0 saturated heterocycles. The molecule has 1 aliphatic rings. The van der Waals surface area contributed by atoms with Crippen molar-refractivity contribution >= 4 is 44.9 Å². The topological polar surface area (TPSA) is 133 Å². The van der Waals surface area contributed by atoms with Crippen LogP contribution in [0.4, 0.5) is 11.4 Å². The minimum absolute atomic E-state index is 0.0157. The summed E-state index contributed by atoms with van der Waals surface area (Å²) >= 11 is 1.37. The van der Waals surface area contributed by atoms with E-state index in [1.165, 1.54) is 42.1 Å². The Bertz CT molecular complexity index is 1570. The fourth-order valence-corrected chi connectivity index (χ4v) is 8.54. The van der Waals surface area contributed by atoms with Gasteiger partial charge in [0.25, 0.3) is 5.91 Å². The molecule has 1 heterocycles. The number of benzene rings is 3. The summed E-state index contributed by atoms with van der Waals surface area (Å²) in [5.74, 6) is -1.74. The van der Waals surface area contributed by atoms with Gasteiger partial charge in [-0.2, -0.15) is 0 Å². The zero-order chi connectivity index (χ0) is 32.6. The molecule has 1 aliphatic heterocycles. The summed E-state index contributed by atoms with van der Waals surface area (Å²) in [4.78, 5) is 27.7. The van der Waals surface area contributed by atoms with Crippen LogP contribution in [0.5, 0.6) is 11.5 Å². The third-order valence-corrected chi connectivity index (χ3v) is 10.9. The summed E-state index contributed by atoms with van der Waals surface area (Å²) in [5.41, 5.74) is 1.32. The molecule has 11 heteroatoms. The van der Waals surface area contributed by atoms with Gasteiger partial charge in [0, 0.05) is 23.7 Å². The molecule has 4 rings (SSSR count). The molecule has 1 amide bonds. The number of rotatable bonds is 14. The number of carbonyl (C=O) groups excluding carboxylic acids is 1. The van der Waals surface area contributed by atoms with Crippen molar-refractivity contribution in [2.45, 2.75) is 68.2 Å². The Labute approximate surface area is 269 Å². The maximum absolute atomic E-state index is 14.3. The van der Waals surface area contributed by atoms with E-state index in [-0.39, 0.29) is 27.7 Å². The van der Waals surface area contributed by atoms with E-state index in [1.807, 2.05) is 42.7 Å². The predicted octanol–water partition coefficient (Wildman–Crippen LogP) is 6.73. The molecular formula is C34H42N2O7S2. The number of hydrogen-bond donors (Lipinski definition) is 3. The van der Waals surface area contributed by atoms with E-state index < -0.39 is 39.8 Å². The van der Waals surface area contributed by atoms with E-state index in [0.29, 0.717) is 17.1 Å². The van der Waals surface area contributed by atoms with E-state index in [0.717, 1.165) is 44.2 Å². The van der Waals surface area contributed by atoms with E-state index in [4.69, 9.17) is 4.74 Å². The molecular weight excluding hydrogens is 613 g/mol. The largest absolute Gasteiger partial charge is 0.508 e. The van der Waals surface area contributed by atoms with Crippen molar-refractivity contribution in [1.29, 1.82) is 0 Å². The van der Waals surface area contributed by atoms with Gasteiger partial charge in [0.2, 0.25) is 0 Å². The minimum atomic E-state index is -3.77. The van der Waals surface area contributed by atoms with Crippen molar-refractivity contribution < 1.29 is 33.0 Å². The molecule has 3 N–H and O–H groups in total. The Morgan fingerprint density at radius 3 is 2.24 bits per heavy atom. The molecule has 1 atom stereocenters. The fraction of sp³-hybridized carbons (Fsp3) is 0.412. The molecule has 0 bridgehead atoms. The Hall–Kier alpha value is -3.70. The SMILES string of the molecule is CCCCC1(CCCC)CN(c2ccccc2)c2cc(SC)c(OCC(=O)N[C@H](C(=O)O)c3ccc(O)cc3)cc2S(=O)(=O)C1. The normalized spacial score (nSPS) is 15.8. The van der Waals surface area contributed by atoms with Crippen LogP contribution in [0, 0.1) is 5.41 Å². The van der Waals surface area contributed by atoms with E-state index in [1.54, 1.807) is 0 Å². The van der Waals surface area contributed by atoms with Crippen LogP contribution in [0.2, 0.25) is 0 Å². The monoisotopic (exact) mass is 654 g/mol. The maximum Gasteiger partial charge on any atom is 0.330 e. The first-order chi connectivity index (χ1) is 21.5. The summed E-state index contributed by atoms with van der Waals surface area (Å²) in [6.07, 6.45) is 7.25. The lowest BCUT2D eigenvalue weighted by Crippen LogP contribution is -2.38. The molecule has 45 heavy (non-hydrogen) atoms. The molecule has 9 nitrogen and oxygen atoms in total. The highest BCUT2D eigenvalue weighted by Crippen LogP contribution is 2.47. The highest BCUT2D eigenvalue weighted by molar-refractivity contribution is 7.98. The van der Waals surface area contributed by atoms with E-state index in [9.17, 15) is 28.2 Å². The van der Waals surface area contributed by atoms with Gasteiger partial charge in [-0.05, 0) is 55.0 Å². The minimum Gasteiger partial charge on any atom is -0.508 e. The number of nitrogens with one attached hydrogen (secondary N) is 1. The number of carboxylic acids is 1. The highest BCUT2D eigenvalue weighted by Gasteiger charge is 2.42. The van der Waals surface area contributed by atoms with Gasteiger partial charge in [-0.25, -0.2) is 13.2 Å². The van der Waals surface area contributed by atoms with Crippen LogP contribution in [0.3, 0.4) is 0 Å². The Kier molecular flexibility index (Phi) is 11.4. The van der Waals surface area contributed by atoms with Crippen molar-refractivity contribution in [2.75, 3.05) is 30.1 Å². The van der Waals surface area contributed by atoms with Gasteiger partial charge in [0.05, 0.1) is 21.2 Å². The zero-order valence-corrected chi connectivity index (χ0v) is 27.6. The number of fused-ring (bicyclic) bond motifs is 1. The first-order valence-electron chi connectivity index (χ1n) is 15.2. The van der Waals surface area contributed by atoms with Crippen LogP contribution in [0.15, 0.2) is 76.5 Å². The van der Waals surface area contributed by atoms with Crippen LogP contribution in [-0.2, 0) is 19.4 Å². The number of para-hydroxylation sites is 1. The fourth-order valence-electron chi connectivity index (χ4n) is 5.88. The molecule has 3 aromatic carbocycles. The summed E-state index contributed by atoms with van der Waals surface area (Å²) in [7, 11) is -3.77. The van der Waals surface area contributed by atoms with Gasteiger partial charge >= 0.3 is 5.97 Å². The van der Waals surface area contributed by atoms with Crippen LogP contribution in [0.1, 0.15) is 64.0 Å². The van der Waals surface area contributed by atoms with Crippen molar-refractivity contribution in [3.8, 4) is 11.5 Å². The van der Waals surface area contributed by atoms with Crippen LogP contribution in [0.25, 0.3) is 0 Å². The summed E-state index contributed by atoms with van der Waals surface area (Å²) in [6, 6.07) is 17.3. The average Bonchev–Trinajstić information content (AvgIpc) is 3.12. The number of sulfone groups is 1. The van der Waals surface area contributed by atoms with Crippen molar-refractivity contribution in [3.63, 3.8) is 0 Å². The molecule has 3 aromatic rings.